The van der Waals surface area contributed by atoms with E-state index < -0.39 is 5.97 Å². The summed E-state index contributed by atoms with van der Waals surface area (Å²) in [4.78, 5) is 38.7. The highest BCUT2D eigenvalue weighted by molar-refractivity contribution is 9.10. The van der Waals surface area contributed by atoms with Gasteiger partial charge in [-0.1, -0.05) is 46.3 Å². The number of hydrogen-bond donors (Lipinski definition) is 0. The van der Waals surface area contributed by atoms with Gasteiger partial charge in [0.2, 0.25) is 5.76 Å². The highest BCUT2D eigenvalue weighted by Crippen LogP contribution is 2.34. The molecule has 8 heteroatoms. The van der Waals surface area contributed by atoms with Gasteiger partial charge in [0.25, 0.3) is 11.1 Å². The molecule has 30 heavy (non-hydrogen) atoms. The van der Waals surface area contributed by atoms with Crippen LogP contribution < -0.4 is 4.74 Å². The maximum absolute atomic E-state index is 12.8. The summed E-state index contributed by atoms with van der Waals surface area (Å²) >= 11 is 4.32. The van der Waals surface area contributed by atoms with Crippen molar-refractivity contribution in [3.63, 3.8) is 0 Å². The lowest BCUT2D eigenvalue weighted by Crippen LogP contribution is -2.27. The molecule has 150 valence electrons. The van der Waals surface area contributed by atoms with Crippen LogP contribution in [0.4, 0.5) is 4.79 Å². The van der Waals surface area contributed by atoms with Gasteiger partial charge in [-0.2, -0.15) is 0 Å². The lowest BCUT2D eigenvalue weighted by Gasteiger charge is -2.13. The molecule has 3 aromatic rings. The van der Waals surface area contributed by atoms with Crippen molar-refractivity contribution < 1.29 is 23.5 Å². The molecule has 1 aromatic heterocycles. The normalized spacial score (nSPS) is 15.1. The second-order valence-corrected chi connectivity index (χ2v) is 8.15. The average Bonchev–Trinajstić information content (AvgIpc) is 3.35. The van der Waals surface area contributed by atoms with Crippen molar-refractivity contribution >= 4 is 50.9 Å². The average molecular weight is 484 g/mol. The number of amides is 2. The molecular weight excluding hydrogens is 470 g/mol. The van der Waals surface area contributed by atoms with E-state index in [1.807, 2.05) is 24.3 Å². The first kappa shape index (κ1) is 20.2. The molecule has 1 fully saturated rings. The zero-order chi connectivity index (χ0) is 21.1. The van der Waals surface area contributed by atoms with E-state index in [-0.39, 0.29) is 23.5 Å². The van der Waals surface area contributed by atoms with Crippen LogP contribution in [-0.4, -0.2) is 22.0 Å². The number of furan rings is 1. The van der Waals surface area contributed by atoms with Crippen LogP contribution in [0, 0.1) is 0 Å². The molecule has 2 aromatic carbocycles. The Morgan fingerprint density at radius 1 is 1.10 bits per heavy atom. The second kappa shape index (κ2) is 8.73. The van der Waals surface area contributed by atoms with Gasteiger partial charge in [-0.3, -0.25) is 14.5 Å². The fourth-order valence-electron chi connectivity index (χ4n) is 2.80. The molecule has 1 saturated heterocycles. The summed E-state index contributed by atoms with van der Waals surface area (Å²) in [7, 11) is 0. The van der Waals surface area contributed by atoms with Crippen LogP contribution in [0.2, 0.25) is 0 Å². The maximum atomic E-state index is 12.8. The smallest absolute Gasteiger partial charge is 0.379 e. The first-order chi connectivity index (χ1) is 14.5. The van der Waals surface area contributed by atoms with Crippen molar-refractivity contribution in [2.75, 3.05) is 0 Å². The highest BCUT2D eigenvalue weighted by Gasteiger charge is 2.35. The lowest BCUT2D eigenvalue weighted by molar-refractivity contribution is -0.123. The minimum atomic E-state index is -0.620. The fourth-order valence-corrected chi connectivity index (χ4v) is 4.05. The van der Waals surface area contributed by atoms with E-state index >= 15 is 0 Å². The van der Waals surface area contributed by atoms with Gasteiger partial charge < -0.3 is 9.15 Å². The van der Waals surface area contributed by atoms with E-state index in [9.17, 15) is 14.4 Å². The van der Waals surface area contributed by atoms with Crippen molar-refractivity contribution in [3.8, 4) is 5.75 Å². The lowest BCUT2D eigenvalue weighted by atomic mass is 10.2. The minimum Gasteiger partial charge on any atom is -0.457 e. The number of carbonyl (C=O) groups excluding carboxylic acids is 3. The summed E-state index contributed by atoms with van der Waals surface area (Å²) < 4.78 is 11.1. The standard InChI is InChI=1S/C22H14BrNO5S/c23-17-8-2-1-6-15(17)13-24-20(25)19(30-22(24)27)12-14-5-3-7-16(11-14)29-21(26)18-9-4-10-28-18/h1-12H,13H2/b19-12-. The van der Waals surface area contributed by atoms with E-state index in [2.05, 4.69) is 15.9 Å². The van der Waals surface area contributed by atoms with Crippen LogP contribution in [0.1, 0.15) is 21.7 Å². The van der Waals surface area contributed by atoms with Gasteiger partial charge in [-0.25, -0.2) is 4.79 Å². The van der Waals surface area contributed by atoms with Crippen LogP contribution in [0.5, 0.6) is 5.75 Å². The van der Waals surface area contributed by atoms with Gasteiger partial charge in [0.1, 0.15) is 5.75 Å². The molecule has 0 saturated carbocycles. The van der Waals surface area contributed by atoms with Gasteiger partial charge in [0.05, 0.1) is 17.7 Å². The predicted octanol–water partition coefficient (Wildman–Crippen LogP) is 5.50. The Bertz CT molecular complexity index is 1160. The second-order valence-electron chi connectivity index (χ2n) is 6.30. The molecule has 6 nitrogen and oxygen atoms in total. The first-order valence-corrected chi connectivity index (χ1v) is 10.5. The van der Waals surface area contributed by atoms with Crippen molar-refractivity contribution in [1.82, 2.24) is 4.90 Å². The quantitative estimate of drug-likeness (QED) is 0.271. The number of nitrogens with zero attached hydrogens (tertiary/aromatic N) is 1. The Hall–Kier alpha value is -3.10. The number of imide groups is 1. The van der Waals surface area contributed by atoms with E-state index in [0.717, 1.165) is 21.8 Å². The number of thioether (sulfide) groups is 1. The van der Waals surface area contributed by atoms with Crippen LogP contribution in [0.15, 0.2) is 80.7 Å². The van der Waals surface area contributed by atoms with E-state index in [4.69, 9.17) is 9.15 Å². The first-order valence-electron chi connectivity index (χ1n) is 8.86. The summed E-state index contributed by atoms with van der Waals surface area (Å²) in [5, 5.41) is -0.331. The molecule has 0 unspecified atom stereocenters. The summed E-state index contributed by atoms with van der Waals surface area (Å²) in [5.74, 6) is -0.587. The Balaban J connectivity index is 1.51. The number of benzene rings is 2. The molecule has 0 spiro atoms. The van der Waals surface area contributed by atoms with Gasteiger partial charge in [0, 0.05) is 4.47 Å². The zero-order valence-electron chi connectivity index (χ0n) is 15.4. The molecule has 0 N–H and O–H groups in total. The summed E-state index contributed by atoms with van der Waals surface area (Å²) in [6.07, 6.45) is 2.99. The third kappa shape index (κ3) is 4.39. The number of carbonyl (C=O) groups is 3. The summed E-state index contributed by atoms with van der Waals surface area (Å²) in [6, 6.07) is 17.2. The molecule has 0 bridgehead atoms. The summed E-state index contributed by atoms with van der Waals surface area (Å²) in [5.41, 5.74) is 1.47. The topological polar surface area (TPSA) is 76.8 Å². The molecule has 0 aliphatic carbocycles. The highest BCUT2D eigenvalue weighted by atomic mass is 79.9. The third-order valence-corrected chi connectivity index (χ3v) is 5.93. The molecule has 0 atom stereocenters. The number of halogens is 1. The van der Waals surface area contributed by atoms with Crippen molar-refractivity contribution in [2.24, 2.45) is 0 Å². The largest absolute Gasteiger partial charge is 0.457 e. The molecule has 4 rings (SSSR count). The SMILES string of the molecule is O=C(Oc1cccc(/C=C2\SC(=O)N(Cc3ccccc3Br)C2=O)c1)c1ccco1. The van der Waals surface area contributed by atoms with Crippen LogP contribution in [0.25, 0.3) is 6.08 Å². The maximum Gasteiger partial charge on any atom is 0.379 e. The third-order valence-electron chi connectivity index (χ3n) is 4.25. The number of rotatable bonds is 5. The van der Waals surface area contributed by atoms with E-state index in [1.54, 1.807) is 36.4 Å². The molecule has 2 heterocycles. The molecule has 0 radical (unpaired) electrons. The Kier molecular flexibility index (Phi) is 5.87. The van der Waals surface area contributed by atoms with Crippen LogP contribution >= 0.6 is 27.7 Å². The molecular formula is C22H14BrNO5S. The van der Waals surface area contributed by atoms with Gasteiger partial charge in [-0.05, 0) is 59.3 Å². The molecule has 2 amide bonds. The number of hydrogen-bond acceptors (Lipinski definition) is 6. The predicted molar refractivity (Wildman–Crippen MR) is 116 cm³/mol. The van der Waals surface area contributed by atoms with Gasteiger partial charge in [-0.15, -0.1) is 0 Å². The zero-order valence-corrected chi connectivity index (χ0v) is 17.8. The van der Waals surface area contributed by atoms with E-state index in [1.165, 1.54) is 17.2 Å². The van der Waals surface area contributed by atoms with Crippen LogP contribution in [0.3, 0.4) is 0 Å². The van der Waals surface area contributed by atoms with Gasteiger partial charge >= 0.3 is 5.97 Å². The monoisotopic (exact) mass is 483 g/mol. The van der Waals surface area contributed by atoms with Crippen molar-refractivity contribution in [3.05, 3.63) is 93.2 Å². The number of ether oxygens (including phenoxy) is 1. The summed E-state index contributed by atoms with van der Waals surface area (Å²) in [6.45, 7) is 0.185. The van der Waals surface area contributed by atoms with Crippen LogP contribution in [-0.2, 0) is 11.3 Å². The Morgan fingerprint density at radius 2 is 1.93 bits per heavy atom. The van der Waals surface area contributed by atoms with Gasteiger partial charge in [0.15, 0.2) is 0 Å². The van der Waals surface area contributed by atoms with E-state index in [0.29, 0.717) is 16.2 Å². The Labute approximate surface area is 184 Å². The molecule has 1 aliphatic rings. The fraction of sp³-hybridized carbons (Fsp3) is 0.0455. The minimum absolute atomic E-state index is 0.0913. The Morgan fingerprint density at radius 3 is 2.70 bits per heavy atom. The molecule has 1 aliphatic heterocycles. The van der Waals surface area contributed by atoms with Crippen molar-refractivity contribution in [1.29, 1.82) is 0 Å². The van der Waals surface area contributed by atoms with Crippen molar-refractivity contribution in [2.45, 2.75) is 6.54 Å². The number of esters is 1.